The molecule has 0 rings (SSSR count). The van der Waals surface area contributed by atoms with Crippen LogP contribution in [0, 0.1) is 0 Å². The van der Waals surface area contributed by atoms with E-state index in [2.05, 4.69) is 9.47 Å². The summed E-state index contributed by atoms with van der Waals surface area (Å²) < 4.78 is 8.91. The summed E-state index contributed by atoms with van der Waals surface area (Å²) in [7, 11) is 3.00. The number of carbonyl (C=O) groups is 2. The lowest BCUT2D eigenvalue weighted by molar-refractivity contribution is -0.121. The lowest BCUT2D eigenvalue weighted by Crippen LogP contribution is -1.98. The van der Waals surface area contributed by atoms with E-state index in [1.54, 1.807) is 0 Å². The SMILES string of the molecule is C.C.COCC(C)=O.COCC(C)=O. The number of Topliss-reactive ketones (excluding diaryl/α,β-unsaturated/α-hetero) is 2. The van der Waals surface area contributed by atoms with Crippen LogP contribution < -0.4 is 0 Å². The van der Waals surface area contributed by atoms with Gasteiger partial charge in [-0.3, -0.25) is 9.59 Å². The van der Waals surface area contributed by atoms with E-state index in [-0.39, 0.29) is 39.6 Å². The maximum atomic E-state index is 9.92. The summed E-state index contributed by atoms with van der Waals surface area (Å²) in [6.07, 6.45) is 0. The molecule has 0 spiro atoms. The zero-order chi connectivity index (χ0) is 9.98. The number of rotatable bonds is 4. The monoisotopic (exact) mass is 208 g/mol. The maximum absolute atomic E-state index is 9.92. The summed E-state index contributed by atoms with van der Waals surface area (Å²) in [5.74, 6) is 0.134. The van der Waals surface area contributed by atoms with Crippen LogP contribution in [-0.4, -0.2) is 39.0 Å². The molecule has 4 heteroatoms. The molecule has 0 heterocycles. The number of hydrogen-bond acceptors (Lipinski definition) is 4. The Morgan fingerprint density at radius 1 is 0.857 bits per heavy atom. The molecule has 0 aromatic carbocycles. The van der Waals surface area contributed by atoms with Crippen LogP contribution in [0.3, 0.4) is 0 Å². The highest BCUT2D eigenvalue weighted by Gasteiger charge is 1.84. The average Bonchev–Trinajstić information content (AvgIpc) is 1.87. The van der Waals surface area contributed by atoms with Crippen molar-refractivity contribution in [3.05, 3.63) is 0 Å². The molecular weight excluding hydrogens is 184 g/mol. The summed E-state index contributed by atoms with van der Waals surface area (Å²) in [5.41, 5.74) is 0. The summed E-state index contributed by atoms with van der Waals surface area (Å²) in [5, 5.41) is 0. The van der Waals surface area contributed by atoms with Crippen LogP contribution in [0.25, 0.3) is 0 Å². The Bertz CT molecular complexity index is 116. The molecule has 0 aliphatic heterocycles. The first kappa shape index (κ1) is 23.2. The summed E-state index contributed by atoms with van der Waals surface area (Å²) in [4.78, 5) is 19.8. The van der Waals surface area contributed by atoms with Crippen LogP contribution >= 0.6 is 0 Å². The van der Waals surface area contributed by atoms with Gasteiger partial charge in [0.25, 0.3) is 0 Å². The number of ether oxygens (including phenoxy) is 2. The van der Waals surface area contributed by atoms with Gasteiger partial charge < -0.3 is 9.47 Å². The van der Waals surface area contributed by atoms with Crippen molar-refractivity contribution in [1.82, 2.24) is 0 Å². The summed E-state index contributed by atoms with van der Waals surface area (Å²) in [6, 6.07) is 0. The summed E-state index contributed by atoms with van der Waals surface area (Å²) in [6.45, 7) is 3.45. The van der Waals surface area contributed by atoms with Crippen LogP contribution in [0.1, 0.15) is 28.7 Å². The Kier molecular flexibility index (Phi) is 30.1. The first-order chi connectivity index (χ1) is 5.54. The van der Waals surface area contributed by atoms with E-state index in [0.29, 0.717) is 0 Å². The van der Waals surface area contributed by atoms with E-state index in [0.717, 1.165) is 0 Å². The van der Waals surface area contributed by atoms with Crippen molar-refractivity contribution in [1.29, 1.82) is 0 Å². The largest absolute Gasteiger partial charge is 0.377 e. The number of carbonyl (C=O) groups excluding carboxylic acids is 2. The maximum Gasteiger partial charge on any atom is 0.155 e. The highest BCUT2D eigenvalue weighted by atomic mass is 16.5. The van der Waals surface area contributed by atoms with Gasteiger partial charge in [0.2, 0.25) is 0 Å². The third kappa shape index (κ3) is 42.8. The van der Waals surface area contributed by atoms with Gasteiger partial charge in [0.1, 0.15) is 13.2 Å². The van der Waals surface area contributed by atoms with Crippen molar-refractivity contribution < 1.29 is 19.1 Å². The van der Waals surface area contributed by atoms with Crippen LogP contribution in [0.5, 0.6) is 0 Å². The van der Waals surface area contributed by atoms with Crippen molar-refractivity contribution in [2.75, 3.05) is 27.4 Å². The fraction of sp³-hybridized carbons (Fsp3) is 0.800. The quantitative estimate of drug-likeness (QED) is 0.706. The van der Waals surface area contributed by atoms with Gasteiger partial charge in [0.15, 0.2) is 11.6 Å². The molecular formula is C10H24O4. The Balaban J connectivity index is -0.0000000625. The number of ketones is 2. The van der Waals surface area contributed by atoms with Crippen LogP contribution in [-0.2, 0) is 19.1 Å². The van der Waals surface area contributed by atoms with Crippen molar-refractivity contribution in [2.24, 2.45) is 0 Å². The molecule has 0 atom stereocenters. The fourth-order valence-corrected chi connectivity index (χ4v) is 0.407. The van der Waals surface area contributed by atoms with Gasteiger partial charge in [0.05, 0.1) is 0 Å². The molecule has 0 aliphatic rings. The second-order valence-corrected chi connectivity index (χ2v) is 2.27. The Morgan fingerprint density at radius 3 is 1.07 bits per heavy atom. The van der Waals surface area contributed by atoms with E-state index in [1.807, 2.05) is 0 Å². The Morgan fingerprint density at radius 2 is 1.07 bits per heavy atom. The molecule has 0 amide bonds. The van der Waals surface area contributed by atoms with Gasteiger partial charge in [-0.15, -0.1) is 0 Å². The lowest BCUT2D eigenvalue weighted by Gasteiger charge is -1.84. The average molecular weight is 208 g/mol. The third-order valence-corrected chi connectivity index (χ3v) is 0.695. The van der Waals surface area contributed by atoms with E-state index < -0.39 is 0 Å². The minimum Gasteiger partial charge on any atom is -0.377 e. The number of hydrogen-bond donors (Lipinski definition) is 0. The van der Waals surface area contributed by atoms with Gasteiger partial charge in [-0.2, -0.15) is 0 Å². The molecule has 0 saturated carbocycles. The minimum absolute atomic E-state index is 0. The predicted molar refractivity (Wildman–Crippen MR) is 58.6 cm³/mol. The van der Waals surface area contributed by atoms with Crippen molar-refractivity contribution in [3.63, 3.8) is 0 Å². The van der Waals surface area contributed by atoms with Gasteiger partial charge in [-0.1, -0.05) is 14.9 Å². The van der Waals surface area contributed by atoms with E-state index in [9.17, 15) is 9.59 Å². The molecule has 0 aromatic heterocycles. The Labute approximate surface area is 87.6 Å². The smallest absolute Gasteiger partial charge is 0.155 e. The van der Waals surface area contributed by atoms with Gasteiger partial charge >= 0.3 is 0 Å². The topological polar surface area (TPSA) is 52.6 Å². The van der Waals surface area contributed by atoms with Gasteiger partial charge in [-0.05, 0) is 13.8 Å². The normalized spacial score (nSPS) is 7.14. The van der Waals surface area contributed by atoms with Gasteiger partial charge in [-0.25, -0.2) is 0 Å². The van der Waals surface area contributed by atoms with Crippen LogP contribution in [0.2, 0.25) is 0 Å². The van der Waals surface area contributed by atoms with Gasteiger partial charge in [0, 0.05) is 14.2 Å². The zero-order valence-corrected chi connectivity index (χ0v) is 8.05. The zero-order valence-electron chi connectivity index (χ0n) is 8.05. The molecule has 0 radical (unpaired) electrons. The Hall–Kier alpha value is -0.740. The fourth-order valence-electron chi connectivity index (χ4n) is 0.407. The molecule has 4 nitrogen and oxygen atoms in total. The first-order valence-electron chi connectivity index (χ1n) is 3.51. The molecule has 0 bridgehead atoms. The van der Waals surface area contributed by atoms with Crippen molar-refractivity contribution >= 4 is 11.6 Å². The van der Waals surface area contributed by atoms with Crippen molar-refractivity contribution in [3.8, 4) is 0 Å². The van der Waals surface area contributed by atoms with Crippen molar-refractivity contribution in [2.45, 2.75) is 28.7 Å². The third-order valence-electron chi connectivity index (χ3n) is 0.695. The molecule has 14 heavy (non-hydrogen) atoms. The second-order valence-electron chi connectivity index (χ2n) is 2.27. The van der Waals surface area contributed by atoms with Crippen LogP contribution in [0.15, 0.2) is 0 Å². The molecule has 0 aromatic rings. The molecule has 0 saturated heterocycles. The first-order valence-corrected chi connectivity index (χ1v) is 3.51. The van der Waals surface area contributed by atoms with E-state index >= 15 is 0 Å². The van der Waals surface area contributed by atoms with Crippen LogP contribution in [0.4, 0.5) is 0 Å². The number of methoxy groups -OCH3 is 2. The second kappa shape index (κ2) is 18.1. The molecule has 0 N–H and O–H groups in total. The molecule has 0 aliphatic carbocycles. The standard InChI is InChI=1S/2C4H8O2.2CH4/c2*1-4(5)3-6-2;;/h2*3H2,1-2H3;2*1H4. The highest BCUT2D eigenvalue weighted by Crippen LogP contribution is 1.66. The lowest BCUT2D eigenvalue weighted by atomic mass is 10.5. The molecule has 88 valence electrons. The highest BCUT2D eigenvalue weighted by molar-refractivity contribution is 5.76. The molecule has 0 fully saturated rings. The van der Waals surface area contributed by atoms with E-state index in [1.165, 1.54) is 28.1 Å². The van der Waals surface area contributed by atoms with E-state index in [4.69, 9.17) is 0 Å². The molecule has 0 unspecified atom stereocenters. The predicted octanol–water partition coefficient (Wildman–Crippen LogP) is 1.72. The summed E-state index contributed by atoms with van der Waals surface area (Å²) >= 11 is 0. The minimum atomic E-state index is 0.